The number of amides is 1. The molecular formula is C22H21N3O5. The van der Waals surface area contributed by atoms with Gasteiger partial charge < -0.3 is 14.8 Å². The lowest BCUT2D eigenvalue weighted by atomic mass is 10.1. The van der Waals surface area contributed by atoms with Crippen LogP contribution in [0.15, 0.2) is 59.4 Å². The summed E-state index contributed by atoms with van der Waals surface area (Å²) in [5.41, 5.74) is 2.95. The van der Waals surface area contributed by atoms with Crippen molar-refractivity contribution >= 4 is 17.6 Å². The number of esters is 1. The predicted octanol–water partition coefficient (Wildman–Crippen LogP) is 2.65. The van der Waals surface area contributed by atoms with Crippen molar-refractivity contribution in [2.75, 3.05) is 19.0 Å². The van der Waals surface area contributed by atoms with Crippen molar-refractivity contribution in [2.45, 2.75) is 13.8 Å². The molecule has 0 aliphatic heterocycles. The first-order chi connectivity index (χ1) is 14.4. The zero-order chi connectivity index (χ0) is 21.7. The van der Waals surface area contributed by atoms with Gasteiger partial charge in [0, 0.05) is 12.1 Å². The summed E-state index contributed by atoms with van der Waals surface area (Å²) in [5.74, 6) is -0.935. The van der Waals surface area contributed by atoms with E-state index in [9.17, 15) is 14.4 Å². The second-order valence-electron chi connectivity index (χ2n) is 6.56. The van der Waals surface area contributed by atoms with Crippen LogP contribution in [0.2, 0.25) is 0 Å². The number of anilines is 1. The molecule has 154 valence electrons. The van der Waals surface area contributed by atoms with Crippen LogP contribution in [0, 0.1) is 13.8 Å². The Kier molecular flexibility index (Phi) is 6.26. The van der Waals surface area contributed by atoms with E-state index in [0.29, 0.717) is 11.4 Å². The molecule has 30 heavy (non-hydrogen) atoms. The molecule has 0 aliphatic rings. The highest BCUT2D eigenvalue weighted by atomic mass is 16.5. The molecule has 0 radical (unpaired) electrons. The first-order valence-corrected chi connectivity index (χ1v) is 9.17. The third-order valence-corrected chi connectivity index (χ3v) is 4.47. The van der Waals surface area contributed by atoms with Gasteiger partial charge in [0.15, 0.2) is 6.61 Å². The number of aromatic nitrogens is 2. The molecule has 1 amide bonds. The lowest BCUT2D eigenvalue weighted by Crippen LogP contribution is -2.24. The number of carbonyl (C=O) groups excluding carboxylic acids is 2. The lowest BCUT2D eigenvalue weighted by molar-refractivity contribution is -0.118. The topological polar surface area (TPSA) is 99.5 Å². The zero-order valence-electron chi connectivity index (χ0n) is 16.8. The second kappa shape index (κ2) is 9.04. The Hall–Kier alpha value is -3.94. The van der Waals surface area contributed by atoms with Crippen molar-refractivity contribution in [1.29, 1.82) is 0 Å². The van der Waals surface area contributed by atoms with Crippen molar-refractivity contribution in [3.05, 3.63) is 81.6 Å². The molecule has 0 spiro atoms. The van der Waals surface area contributed by atoms with E-state index in [0.717, 1.165) is 11.1 Å². The van der Waals surface area contributed by atoms with Gasteiger partial charge in [0.2, 0.25) is 5.88 Å². The third-order valence-electron chi connectivity index (χ3n) is 4.47. The monoisotopic (exact) mass is 407 g/mol. The first-order valence-electron chi connectivity index (χ1n) is 9.17. The SMILES string of the molecule is COC(=O)c1ccccc1NC(=O)COc1ccc(=O)n(-c2ccc(C)c(C)c2)n1. The molecule has 3 aromatic rings. The maximum atomic E-state index is 12.3. The fourth-order valence-electron chi connectivity index (χ4n) is 2.72. The second-order valence-corrected chi connectivity index (χ2v) is 6.56. The Morgan fingerprint density at radius 1 is 1.03 bits per heavy atom. The molecule has 0 bridgehead atoms. The van der Waals surface area contributed by atoms with Crippen LogP contribution in [0.5, 0.6) is 5.88 Å². The number of carbonyl (C=O) groups is 2. The summed E-state index contributed by atoms with van der Waals surface area (Å²) in [7, 11) is 1.26. The smallest absolute Gasteiger partial charge is 0.339 e. The summed E-state index contributed by atoms with van der Waals surface area (Å²) in [6.07, 6.45) is 0. The standard InChI is InChI=1S/C22H21N3O5/c1-14-8-9-16(12-15(14)2)25-21(27)11-10-20(24-25)30-13-19(26)23-18-7-5-4-6-17(18)22(28)29-3/h4-12H,13H2,1-3H3,(H,23,26). The average molecular weight is 407 g/mol. The van der Waals surface area contributed by atoms with Crippen LogP contribution >= 0.6 is 0 Å². The van der Waals surface area contributed by atoms with Crippen molar-refractivity contribution in [3.63, 3.8) is 0 Å². The number of benzene rings is 2. The van der Waals surface area contributed by atoms with Crippen LogP contribution < -0.4 is 15.6 Å². The van der Waals surface area contributed by atoms with Crippen molar-refractivity contribution < 1.29 is 19.1 Å². The average Bonchev–Trinajstić information content (AvgIpc) is 2.75. The van der Waals surface area contributed by atoms with Gasteiger partial charge in [0.25, 0.3) is 11.5 Å². The Morgan fingerprint density at radius 3 is 2.53 bits per heavy atom. The number of nitrogens with zero attached hydrogens (tertiary/aromatic N) is 2. The van der Waals surface area contributed by atoms with Crippen LogP contribution in [-0.4, -0.2) is 35.4 Å². The number of rotatable bonds is 6. The van der Waals surface area contributed by atoms with E-state index in [1.54, 1.807) is 30.3 Å². The largest absolute Gasteiger partial charge is 0.467 e. The summed E-state index contributed by atoms with van der Waals surface area (Å²) in [5, 5.41) is 6.79. The van der Waals surface area contributed by atoms with Gasteiger partial charge in [-0.25, -0.2) is 4.79 Å². The molecular weight excluding hydrogens is 386 g/mol. The molecule has 8 nitrogen and oxygen atoms in total. The minimum absolute atomic E-state index is 0.115. The molecule has 2 aromatic carbocycles. The molecule has 1 aromatic heterocycles. The lowest BCUT2D eigenvalue weighted by Gasteiger charge is -2.11. The highest BCUT2D eigenvalue weighted by Crippen LogP contribution is 2.16. The van der Waals surface area contributed by atoms with Crippen molar-refractivity contribution in [1.82, 2.24) is 9.78 Å². The molecule has 1 N–H and O–H groups in total. The summed E-state index contributed by atoms with van der Waals surface area (Å²) < 4.78 is 11.4. The summed E-state index contributed by atoms with van der Waals surface area (Å²) >= 11 is 0. The van der Waals surface area contributed by atoms with Gasteiger partial charge in [0.1, 0.15) is 0 Å². The van der Waals surface area contributed by atoms with Crippen LogP contribution in [-0.2, 0) is 9.53 Å². The van der Waals surface area contributed by atoms with Gasteiger partial charge in [-0.3, -0.25) is 9.59 Å². The Morgan fingerprint density at radius 2 is 1.80 bits per heavy atom. The van der Waals surface area contributed by atoms with Gasteiger partial charge >= 0.3 is 5.97 Å². The number of nitrogens with one attached hydrogen (secondary N) is 1. The molecule has 0 fully saturated rings. The Bertz CT molecular complexity index is 1150. The van der Waals surface area contributed by atoms with E-state index in [1.807, 2.05) is 26.0 Å². The van der Waals surface area contributed by atoms with Crippen LogP contribution in [0.1, 0.15) is 21.5 Å². The van der Waals surface area contributed by atoms with Gasteiger partial charge in [-0.1, -0.05) is 18.2 Å². The number of hydrogen-bond acceptors (Lipinski definition) is 6. The van der Waals surface area contributed by atoms with E-state index < -0.39 is 11.9 Å². The fraction of sp³-hybridized carbons (Fsp3) is 0.182. The molecule has 0 saturated heterocycles. The molecule has 0 atom stereocenters. The molecule has 0 unspecified atom stereocenters. The number of para-hydroxylation sites is 1. The number of hydrogen-bond donors (Lipinski definition) is 1. The third kappa shape index (κ3) is 4.72. The highest BCUT2D eigenvalue weighted by Gasteiger charge is 2.14. The van der Waals surface area contributed by atoms with E-state index in [1.165, 1.54) is 23.9 Å². The van der Waals surface area contributed by atoms with E-state index in [4.69, 9.17) is 9.47 Å². The van der Waals surface area contributed by atoms with Crippen molar-refractivity contribution in [2.24, 2.45) is 0 Å². The fourth-order valence-corrected chi connectivity index (χ4v) is 2.72. The van der Waals surface area contributed by atoms with Gasteiger partial charge in [-0.05, 0) is 49.2 Å². The predicted molar refractivity (Wildman–Crippen MR) is 111 cm³/mol. The van der Waals surface area contributed by atoms with Gasteiger partial charge in [0.05, 0.1) is 24.0 Å². The molecule has 0 saturated carbocycles. The van der Waals surface area contributed by atoms with Crippen LogP contribution in [0.3, 0.4) is 0 Å². The zero-order valence-corrected chi connectivity index (χ0v) is 16.8. The van der Waals surface area contributed by atoms with Gasteiger partial charge in [-0.15, -0.1) is 5.10 Å². The first kappa shape index (κ1) is 20.8. The van der Waals surface area contributed by atoms with Crippen LogP contribution in [0.4, 0.5) is 5.69 Å². The van der Waals surface area contributed by atoms with E-state index >= 15 is 0 Å². The maximum Gasteiger partial charge on any atom is 0.339 e. The number of aryl methyl sites for hydroxylation is 2. The molecule has 0 aliphatic carbocycles. The minimum Gasteiger partial charge on any atom is -0.467 e. The maximum absolute atomic E-state index is 12.3. The Labute approximate surface area is 173 Å². The normalized spacial score (nSPS) is 10.4. The summed E-state index contributed by atoms with van der Waals surface area (Å²) in [4.78, 5) is 36.3. The molecule has 3 rings (SSSR count). The quantitative estimate of drug-likeness (QED) is 0.631. The minimum atomic E-state index is -0.561. The number of methoxy groups -OCH3 is 1. The van der Waals surface area contributed by atoms with E-state index in [2.05, 4.69) is 10.4 Å². The summed E-state index contributed by atoms with van der Waals surface area (Å²) in [6.45, 7) is 3.57. The Balaban J connectivity index is 1.72. The summed E-state index contributed by atoms with van der Waals surface area (Å²) in [6, 6.07) is 14.7. The van der Waals surface area contributed by atoms with Crippen molar-refractivity contribution in [3.8, 4) is 11.6 Å². The van der Waals surface area contributed by atoms with Crippen LogP contribution in [0.25, 0.3) is 5.69 Å². The number of ether oxygens (including phenoxy) is 2. The van der Waals surface area contributed by atoms with Gasteiger partial charge in [-0.2, -0.15) is 4.68 Å². The highest BCUT2D eigenvalue weighted by molar-refractivity contribution is 6.01. The van der Waals surface area contributed by atoms with E-state index in [-0.39, 0.29) is 23.6 Å². The molecule has 8 heteroatoms. The molecule has 1 heterocycles.